The second kappa shape index (κ2) is 8.31. The zero-order valence-electron chi connectivity index (χ0n) is 17.3. The summed E-state index contributed by atoms with van der Waals surface area (Å²) in [6.45, 7) is 0. The summed E-state index contributed by atoms with van der Waals surface area (Å²) in [6, 6.07) is 12.0. The topological polar surface area (TPSA) is 69.4 Å². The average molecular weight is 410 g/mol. The number of methoxy groups -OCH3 is 1. The Morgan fingerprint density at radius 1 is 1.07 bits per heavy atom. The number of halogens is 1. The van der Waals surface area contributed by atoms with Gasteiger partial charge in [0.05, 0.1) is 12.6 Å². The predicted octanol–water partition coefficient (Wildman–Crippen LogP) is 4.94. The molecule has 4 nitrogen and oxygen atoms in total. The van der Waals surface area contributed by atoms with Gasteiger partial charge in [0.25, 0.3) is 0 Å². The van der Waals surface area contributed by atoms with Crippen LogP contribution in [0.4, 0.5) is 4.39 Å². The lowest BCUT2D eigenvalue weighted by molar-refractivity contribution is -0.126. The molecule has 0 atom stereocenters. The van der Waals surface area contributed by atoms with Crippen molar-refractivity contribution in [3.8, 4) is 16.9 Å². The van der Waals surface area contributed by atoms with Crippen molar-refractivity contribution in [2.24, 2.45) is 17.6 Å². The summed E-state index contributed by atoms with van der Waals surface area (Å²) in [4.78, 5) is 25.2. The first-order valence-corrected chi connectivity index (χ1v) is 10.7. The number of ether oxygens (including phenoxy) is 1. The molecule has 0 aliphatic heterocycles. The summed E-state index contributed by atoms with van der Waals surface area (Å²) in [5, 5.41) is 0. The van der Waals surface area contributed by atoms with E-state index in [0.717, 1.165) is 44.1 Å². The van der Waals surface area contributed by atoms with Gasteiger partial charge in [-0.05, 0) is 56.1 Å². The molecule has 158 valence electrons. The molecule has 0 spiro atoms. The van der Waals surface area contributed by atoms with E-state index >= 15 is 0 Å². The Kier molecular flexibility index (Phi) is 5.74. The van der Waals surface area contributed by atoms with Crippen LogP contribution in [-0.4, -0.2) is 24.2 Å². The number of para-hydroxylation sites is 1. The Morgan fingerprint density at radius 2 is 1.73 bits per heavy atom. The summed E-state index contributed by atoms with van der Waals surface area (Å²) < 4.78 is 19.1. The van der Waals surface area contributed by atoms with E-state index < -0.39 is 11.4 Å². The molecule has 0 bridgehead atoms. The maximum absolute atomic E-state index is 13.9. The van der Waals surface area contributed by atoms with Crippen LogP contribution in [0.25, 0.3) is 11.1 Å². The van der Waals surface area contributed by atoms with E-state index in [9.17, 15) is 14.0 Å². The van der Waals surface area contributed by atoms with Gasteiger partial charge in [0.15, 0.2) is 23.1 Å². The lowest BCUT2D eigenvalue weighted by Crippen LogP contribution is -2.39. The monoisotopic (exact) mass is 409 g/mol. The Balaban J connectivity index is 1.36. The molecule has 2 aromatic carbocycles. The van der Waals surface area contributed by atoms with Gasteiger partial charge in [0, 0.05) is 23.5 Å². The smallest absolute Gasteiger partial charge is 0.165 e. The molecule has 2 saturated carbocycles. The van der Waals surface area contributed by atoms with E-state index in [0.29, 0.717) is 23.5 Å². The normalized spacial score (nSPS) is 22.4. The average Bonchev–Trinajstić information content (AvgIpc) is 3.52. The Labute approximate surface area is 176 Å². The van der Waals surface area contributed by atoms with Gasteiger partial charge in [0.2, 0.25) is 0 Å². The van der Waals surface area contributed by atoms with Crippen molar-refractivity contribution >= 4 is 11.6 Å². The highest BCUT2D eigenvalue weighted by atomic mass is 19.1. The molecule has 0 heterocycles. The molecule has 0 amide bonds. The van der Waals surface area contributed by atoms with Crippen LogP contribution in [0.2, 0.25) is 0 Å². The number of ketones is 2. The van der Waals surface area contributed by atoms with E-state index in [4.69, 9.17) is 10.5 Å². The first-order valence-electron chi connectivity index (χ1n) is 10.7. The molecule has 0 radical (unpaired) electrons. The number of nitrogens with two attached hydrogens (primary N) is 1. The van der Waals surface area contributed by atoms with Gasteiger partial charge >= 0.3 is 0 Å². The number of Topliss-reactive ketones (excluding diaryl/α,β-unsaturated/α-hetero) is 2. The van der Waals surface area contributed by atoms with Crippen LogP contribution in [0.5, 0.6) is 5.75 Å². The van der Waals surface area contributed by atoms with Crippen molar-refractivity contribution in [3.05, 3.63) is 53.8 Å². The van der Waals surface area contributed by atoms with Crippen molar-refractivity contribution in [1.82, 2.24) is 0 Å². The zero-order chi connectivity index (χ0) is 21.3. The van der Waals surface area contributed by atoms with Gasteiger partial charge in [-0.15, -0.1) is 0 Å². The van der Waals surface area contributed by atoms with E-state index in [1.807, 2.05) is 12.1 Å². The van der Waals surface area contributed by atoms with Gasteiger partial charge in [0.1, 0.15) is 0 Å². The summed E-state index contributed by atoms with van der Waals surface area (Å²) >= 11 is 0. The summed E-state index contributed by atoms with van der Waals surface area (Å²) in [5.41, 5.74) is 7.64. The molecule has 0 saturated heterocycles. The van der Waals surface area contributed by atoms with Gasteiger partial charge in [-0.3, -0.25) is 9.59 Å². The fourth-order valence-electron chi connectivity index (χ4n) is 4.58. The van der Waals surface area contributed by atoms with Crippen molar-refractivity contribution < 1.29 is 18.7 Å². The van der Waals surface area contributed by atoms with Gasteiger partial charge in [-0.25, -0.2) is 4.39 Å². The molecule has 2 aliphatic carbocycles. The van der Waals surface area contributed by atoms with Crippen LogP contribution < -0.4 is 10.5 Å². The maximum Gasteiger partial charge on any atom is 0.165 e. The molecular formula is C25H28FNO3. The lowest BCUT2D eigenvalue weighted by atomic mass is 9.76. The lowest BCUT2D eigenvalue weighted by Gasteiger charge is -2.28. The molecule has 0 unspecified atom stereocenters. The molecule has 2 N–H and O–H groups in total. The Morgan fingerprint density at radius 3 is 2.33 bits per heavy atom. The second-order valence-electron chi connectivity index (χ2n) is 8.76. The Bertz CT molecular complexity index is 941. The van der Waals surface area contributed by atoms with Crippen molar-refractivity contribution in [3.63, 3.8) is 0 Å². The molecule has 4 rings (SSSR count). The summed E-state index contributed by atoms with van der Waals surface area (Å²) in [5.74, 6) is 0.525. The van der Waals surface area contributed by atoms with Gasteiger partial charge < -0.3 is 10.5 Å². The number of carbonyl (C=O) groups excluding carboxylic acids is 2. The zero-order valence-corrected chi connectivity index (χ0v) is 17.3. The standard InChI is InChI=1S/C25H28FNO3/c1-30-23-20(3-2-4-21(23)26)17-9-11-18(12-10-17)22(28)15-16-5-7-19(8-6-16)24(29)25(27)13-14-25/h2-4,9-12,16,19H,5-8,13-15,27H2,1H3. The van der Waals surface area contributed by atoms with Crippen molar-refractivity contribution in [1.29, 1.82) is 0 Å². The largest absolute Gasteiger partial charge is 0.493 e. The molecule has 2 aromatic rings. The SMILES string of the molecule is COc1c(F)cccc1-c1ccc(C(=O)CC2CCC(C(=O)C3(N)CC3)CC2)cc1. The van der Waals surface area contributed by atoms with Gasteiger partial charge in [-0.2, -0.15) is 0 Å². The van der Waals surface area contributed by atoms with Crippen LogP contribution in [0, 0.1) is 17.7 Å². The number of rotatable bonds is 7. The number of carbonyl (C=O) groups is 2. The number of hydrogen-bond donors (Lipinski definition) is 1. The van der Waals surface area contributed by atoms with E-state index in [-0.39, 0.29) is 23.2 Å². The molecule has 5 heteroatoms. The predicted molar refractivity (Wildman–Crippen MR) is 114 cm³/mol. The minimum Gasteiger partial charge on any atom is -0.493 e. The molecule has 2 aliphatic rings. The quantitative estimate of drug-likeness (QED) is 0.658. The fourth-order valence-corrected chi connectivity index (χ4v) is 4.58. The highest BCUT2D eigenvalue weighted by molar-refractivity contribution is 5.97. The first kappa shape index (κ1) is 20.7. The third-order valence-corrected chi connectivity index (χ3v) is 6.66. The van der Waals surface area contributed by atoms with Crippen LogP contribution in [-0.2, 0) is 4.79 Å². The minimum absolute atomic E-state index is 0.0735. The minimum atomic E-state index is -0.542. The van der Waals surface area contributed by atoms with Crippen LogP contribution in [0.15, 0.2) is 42.5 Å². The highest BCUT2D eigenvalue weighted by Crippen LogP contribution is 2.41. The van der Waals surface area contributed by atoms with Crippen LogP contribution in [0.3, 0.4) is 0 Å². The second-order valence-corrected chi connectivity index (χ2v) is 8.76. The molecule has 2 fully saturated rings. The van der Waals surface area contributed by atoms with Gasteiger partial charge in [-0.1, -0.05) is 36.4 Å². The fraction of sp³-hybridized carbons (Fsp3) is 0.440. The van der Waals surface area contributed by atoms with E-state index in [2.05, 4.69) is 0 Å². The maximum atomic E-state index is 13.9. The summed E-state index contributed by atoms with van der Waals surface area (Å²) in [6.07, 6.45) is 5.62. The van der Waals surface area contributed by atoms with E-state index in [1.54, 1.807) is 24.3 Å². The van der Waals surface area contributed by atoms with Crippen molar-refractivity contribution in [2.75, 3.05) is 7.11 Å². The number of benzene rings is 2. The molecule has 30 heavy (non-hydrogen) atoms. The van der Waals surface area contributed by atoms with E-state index in [1.165, 1.54) is 13.2 Å². The van der Waals surface area contributed by atoms with Crippen LogP contribution in [0.1, 0.15) is 55.3 Å². The van der Waals surface area contributed by atoms with Crippen LogP contribution >= 0.6 is 0 Å². The summed E-state index contributed by atoms with van der Waals surface area (Å²) in [7, 11) is 1.44. The first-order chi connectivity index (χ1) is 14.4. The van der Waals surface area contributed by atoms with Crippen molar-refractivity contribution in [2.45, 2.75) is 50.5 Å². The molecule has 0 aromatic heterocycles. The third-order valence-electron chi connectivity index (χ3n) is 6.66. The Hall–Kier alpha value is -2.53. The third kappa shape index (κ3) is 4.17. The number of hydrogen-bond acceptors (Lipinski definition) is 4. The molecular weight excluding hydrogens is 381 g/mol. The highest BCUT2D eigenvalue weighted by Gasteiger charge is 2.48.